The van der Waals surface area contributed by atoms with Crippen molar-refractivity contribution >= 4 is 0 Å². The van der Waals surface area contributed by atoms with Crippen LogP contribution in [0, 0.1) is 5.82 Å². The van der Waals surface area contributed by atoms with Gasteiger partial charge in [0.05, 0.1) is 6.61 Å². The van der Waals surface area contributed by atoms with Gasteiger partial charge in [0.1, 0.15) is 17.7 Å². The standard InChI is InChI=1S/C17H18FNO2/c18-14-6-8-15(9-7-14)21-17(13-4-2-1-3-5-13)16-12-19-10-11-20-16/h1-9,16-17,19H,10-12H2. The molecule has 2 aromatic rings. The van der Waals surface area contributed by atoms with Crippen molar-refractivity contribution in [3.8, 4) is 5.75 Å². The van der Waals surface area contributed by atoms with Gasteiger partial charge in [-0.05, 0) is 29.8 Å². The molecule has 1 aliphatic heterocycles. The molecule has 0 saturated carbocycles. The topological polar surface area (TPSA) is 30.5 Å². The molecule has 1 aliphatic rings. The van der Waals surface area contributed by atoms with Crippen LogP contribution in [-0.4, -0.2) is 25.8 Å². The molecule has 21 heavy (non-hydrogen) atoms. The molecule has 2 unspecified atom stereocenters. The van der Waals surface area contributed by atoms with Gasteiger partial charge in [-0.25, -0.2) is 4.39 Å². The van der Waals surface area contributed by atoms with Gasteiger partial charge in [-0.1, -0.05) is 30.3 Å². The van der Waals surface area contributed by atoms with Crippen LogP contribution in [0.1, 0.15) is 11.7 Å². The second kappa shape index (κ2) is 6.70. The Labute approximate surface area is 123 Å². The second-order valence-electron chi connectivity index (χ2n) is 5.02. The van der Waals surface area contributed by atoms with Crippen molar-refractivity contribution in [1.82, 2.24) is 5.32 Å². The highest BCUT2D eigenvalue weighted by atomic mass is 19.1. The Kier molecular flexibility index (Phi) is 4.48. The number of rotatable bonds is 4. The largest absolute Gasteiger partial charge is 0.483 e. The predicted molar refractivity (Wildman–Crippen MR) is 78.8 cm³/mol. The van der Waals surface area contributed by atoms with Gasteiger partial charge in [0.15, 0.2) is 6.10 Å². The van der Waals surface area contributed by atoms with Crippen LogP contribution in [0.2, 0.25) is 0 Å². The van der Waals surface area contributed by atoms with Gasteiger partial charge in [0.25, 0.3) is 0 Å². The summed E-state index contributed by atoms with van der Waals surface area (Å²) >= 11 is 0. The third kappa shape index (κ3) is 3.60. The van der Waals surface area contributed by atoms with Crippen LogP contribution in [-0.2, 0) is 4.74 Å². The Hall–Kier alpha value is -1.91. The Morgan fingerprint density at radius 3 is 2.52 bits per heavy atom. The van der Waals surface area contributed by atoms with E-state index in [9.17, 15) is 4.39 Å². The van der Waals surface area contributed by atoms with Gasteiger partial charge < -0.3 is 14.8 Å². The van der Waals surface area contributed by atoms with E-state index in [1.54, 1.807) is 12.1 Å². The second-order valence-corrected chi connectivity index (χ2v) is 5.02. The first-order valence-electron chi connectivity index (χ1n) is 7.12. The van der Waals surface area contributed by atoms with E-state index in [2.05, 4.69) is 5.32 Å². The van der Waals surface area contributed by atoms with Crippen LogP contribution >= 0.6 is 0 Å². The Morgan fingerprint density at radius 2 is 1.86 bits per heavy atom. The predicted octanol–water partition coefficient (Wildman–Crippen LogP) is 2.93. The SMILES string of the molecule is Fc1ccc(OC(c2ccccc2)C2CNCCO2)cc1. The van der Waals surface area contributed by atoms with Gasteiger partial charge in [-0.3, -0.25) is 0 Å². The zero-order chi connectivity index (χ0) is 14.5. The summed E-state index contributed by atoms with van der Waals surface area (Å²) in [5.41, 5.74) is 1.05. The summed E-state index contributed by atoms with van der Waals surface area (Å²) in [6.07, 6.45) is -0.282. The van der Waals surface area contributed by atoms with Gasteiger partial charge in [0.2, 0.25) is 0 Å². The molecule has 1 fully saturated rings. The minimum absolute atomic E-state index is 0.0637. The summed E-state index contributed by atoms with van der Waals surface area (Å²) in [4.78, 5) is 0. The van der Waals surface area contributed by atoms with E-state index in [0.29, 0.717) is 12.4 Å². The van der Waals surface area contributed by atoms with Crippen LogP contribution in [0.4, 0.5) is 4.39 Å². The quantitative estimate of drug-likeness (QED) is 0.938. The lowest BCUT2D eigenvalue weighted by Crippen LogP contribution is -2.43. The highest BCUT2D eigenvalue weighted by Crippen LogP contribution is 2.27. The first-order chi connectivity index (χ1) is 10.3. The number of benzene rings is 2. The zero-order valence-corrected chi connectivity index (χ0v) is 11.7. The molecule has 4 heteroatoms. The van der Waals surface area contributed by atoms with Crippen LogP contribution in [0.5, 0.6) is 5.75 Å². The Balaban J connectivity index is 1.83. The molecule has 0 spiro atoms. The molecule has 0 bridgehead atoms. The van der Waals surface area contributed by atoms with Gasteiger partial charge in [-0.2, -0.15) is 0 Å². The molecule has 1 heterocycles. The smallest absolute Gasteiger partial charge is 0.151 e. The van der Waals surface area contributed by atoms with E-state index in [4.69, 9.17) is 9.47 Å². The van der Waals surface area contributed by atoms with Crippen molar-refractivity contribution in [3.05, 3.63) is 66.0 Å². The number of ether oxygens (including phenoxy) is 2. The average Bonchev–Trinajstić information content (AvgIpc) is 2.56. The number of hydrogen-bond acceptors (Lipinski definition) is 3. The Bertz CT molecular complexity index is 553. The molecular weight excluding hydrogens is 269 g/mol. The van der Waals surface area contributed by atoms with E-state index in [1.165, 1.54) is 12.1 Å². The molecule has 0 amide bonds. The number of morpholine rings is 1. The molecule has 110 valence electrons. The van der Waals surface area contributed by atoms with Gasteiger partial charge in [-0.15, -0.1) is 0 Å². The summed E-state index contributed by atoms with van der Waals surface area (Å²) in [5, 5.41) is 3.31. The van der Waals surface area contributed by atoms with E-state index in [0.717, 1.165) is 18.7 Å². The van der Waals surface area contributed by atoms with Gasteiger partial charge >= 0.3 is 0 Å². The molecule has 1 saturated heterocycles. The lowest BCUT2D eigenvalue weighted by molar-refractivity contribution is -0.0432. The molecule has 1 N–H and O–H groups in total. The number of nitrogens with one attached hydrogen (secondary N) is 1. The number of halogens is 1. The lowest BCUT2D eigenvalue weighted by Gasteiger charge is -2.31. The zero-order valence-electron chi connectivity index (χ0n) is 11.7. The Morgan fingerprint density at radius 1 is 1.10 bits per heavy atom. The molecule has 0 radical (unpaired) electrons. The maximum absolute atomic E-state index is 13.0. The van der Waals surface area contributed by atoms with E-state index in [1.807, 2.05) is 30.3 Å². The molecule has 3 nitrogen and oxygen atoms in total. The maximum atomic E-state index is 13.0. The third-order valence-corrected chi connectivity index (χ3v) is 3.50. The van der Waals surface area contributed by atoms with E-state index < -0.39 is 0 Å². The number of hydrogen-bond donors (Lipinski definition) is 1. The van der Waals surface area contributed by atoms with Crippen LogP contribution in [0.15, 0.2) is 54.6 Å². The molecular formula is C17H18FNO2. The molecule has 0 aromatic heterocycles. The molecule has 0 aliphatic carbocycles. The van der Waals surface area contributed by atoms with Crippen molar-refractivity contribution < 1.29 is 13.9 Å². The van der Waals surface area contributed by atoms with Crippen LogP contribution in [0.3, 0.4) is 0 Å². The van der Waals surface area contributed by atoms with E-state index >= 15 is 0 Å². The lowest BCUT2D eigenvalue weighted by atomic mass is 10.0. The summed E-state index contributed by atoms with van der Waals surface area (Å²) < 4.78 is 24.9. The van der Waals surface area contributed by atoms with Crippen molar-refractivity contribution in [2.75, 3.05) is 19.7 Å². The molecule has 3 rings (SSSR count). The maximum Gasteiger partial charge on any atom is 0.151 e. The fraction of sp³-hybridized carbons (Fsp3) is 0.294. The van der Waals surface area contributed by atoms with Crippen molar-refractivity contribution in [1.29, 1.82) is 0 Å². The summed E-state index contributed by atoms with van der Waals surface area (Å²) in [5.74, 6) is 0.369. The van der Waals surface area contributed by atoms with Crippen molar-refractivity contribution in [3.63, 3.8) is 0 Å². The highest BCUT2D eigenvalue weighted by molar-refractivity contribution is 5.26. The van der Waals surface area contributed by atoms with Crippen LogP contribution < -0.4 is 10.1 Å². The molecule has 2 aromatic carbocycles. The highest BCUT2D eigenvalue weighted by Gasteiger charge is 2.27. The minimum atomic E-state index is -0.269. The van der Waals surface area contributed by atoms with Crippen molar-refractivity contribution in [2.24, 2.45) is 0 Å². The first kappa shape index (κ1) is 14.0. The fourth-order valence-corrected chi connectivity index (χ4v) is 2.44. The summed E-state index contributed by atoms with van der Waals surface area (Å²) in [6, 6.07) is 16.0. The third-order valence-electron chi connectivity index (χ3n) is 3.50. The normalized spacial score (nSPS) is 20.0. The van der Waals surface area contributed by atoms with Crippen molar-refractivity contribution in [2.45, 2.75) is 12.2 Å². The van der Waals surface area contributed by atoms with Crippen LogP contribution in [0.25, 0.3) is 0 Å². The first-order valence-corrected chi connectivity index (χ1v) is 7.12. The monoisotopic (exact) mass is 287 g/mol. The average molecular weight is 287 g/mol. The summed E-state index contributed by atoms with van der Waals surface area (Å²) in [7, 11) is 0. The van der Waals surface area contributed by atoms with E-state index in [-0.39, 0.29) is 18.0 Å². The molecule has 2 atom stereocenters. The van der Waals surface area contributed by atoms with Gasteiger partial charge in [0, 0.05) is 13.1 Å². The summed E-state index contributed by atoms with van der Waals surface area (Å²) in [6.45, 7) is 2.26. The fourth-order valence-electron chi connectivity index (χ4n) is 2.44. The minimum Gasteiger partial charge on any atom is -0.483 e.